The highest BCUT2D eigenvalue weighted by Gasteiger charge is 2.29. The zero-order valence-electron chi connectivity index (χ0n) is 16.4. The molecule has 3 rings (SSSR count). The molecule has 2 N–H and O–H groups in total. The molecule has 1 aromatic heterocycles. The van der Waals surface area contributed by atoms with Crippen LogP contribution >= 0.6 is 35.7 Å². The van der Waals surface area contributed by atoms with Crippen LogP contribution in [0, 0.1) is 0 Å². The molecule has 0 radical (unpaired) electrons. The monoisotopic (exact) mass is 505 g/mol. The van der Waals surface area contributed by atoms with Crippen molar-refractivity contribution in [2.45, 2.75) is 38.0 Å². The van der Waals surface area contributed by atoms with E-state index in [1.807, 2.05) is 12.3 Å². The van der Waals surface area contributed by atoms with E-state index in [0.29, 0.717) is 11.3 Å². The second-order valence-electron chi connectivity index (χ2n) is 7.04. The van der Waals surface area contributed by atoms with Crippen molar-refractivity contribution in [1.82, 2.24) is 15.6 Å². The first-order valence-electron chi connectivity index (χ1n) is 9.63. The Bertz CT molecular complexity index is 604. The summed E-state index contributed by atoms with van der Waals surface area (Å²) in [5.41, 5.74) is 1.16. The van der Waals surface area contributed by atoms with E-state index in [-0.39, 0.29) is 24.0 Å². The van der Waals surface area contributed by atoms with Crippen molar-refractivity contribution in [3.05, 3.63) is 23.9 Å². The Balaban J connectivity index is 0.00000261. The third-order valence-electron chi connectivity index (χ3n) is 4.86. The third-order valence-corrected chi connectivity index (χ3v) is 6.40. The van der Waals surface area contributed by atoms with Crippen LogP contribution in [0.15, 0.2) is 23.3 Å². The van der Waals surface area contributed by atoms with E-state index in [9.17, 15) is 0 Å². The minimum Gasteiger partial charge on any atom is -0.378 e. The van der Waals surface area contributed by atoms with E-state index >= 15 is 0 Å². The van der Waals surface area contributed by atoms with Gasteiger partial charge < -0.3 is 20.3 Å². The van der Waals surface area contributed by atoms with Crippen molar-refractivity contribution in [3.8, 4) is 0 Å². The highest BCUT2D eigenvalue weighted by atomic mass is 127. The van der Waals surface area contributed by atoms with Crippen LogP contribution < -0.4 is 15.5 Å². The Kier molecular flexibility index (Phi) is 9.44. The van der Waals surface area contributed by atoms with Crippen molar-refractivity contribution in [3.63, 3.8) is 0 Å². The molecule has 0 amide bonds. The molecule has 2 aliphatic rings. The lowest BCUT2D eigenvalue weighted by molar-refractivity contribution is 0.122. The number of aliphatic imine (C=N–C) groups is 1. The van der Waals surface area contributed by atoms with Crippen LogP contribution in [-0.4, -0.2) is 60.8 Å². The predicted molar refractivity (Wildman–Crippen MR) is 126 cm³/mol. The van der Waals surface area contributed by atoms with E-state index in [1.165, 1.54) is 18.6 Å². The summed E-state index contributed by atoms with van der Waals surface area (Å²) >= 11 is 2.07. The number of hydrogen-bond donors (Lipinski definition) is 2. The number of guanidine groups is 1. The van der Waals surface area contributed by atoms with Gasteiger partial charge in [-0.25, -0.2) is 9.98 Å². The molecule has 8 heteroatoms. The first-order chi connectivity index (χ1) is 12.7. The van der Waals surface area contributed by atoms with Crippen LogP contribution in [-0.2, 0) is 11.3 Å². The van der Waals surface area contributed by atoms with Gasteiger partial charge in [0.25, 0.3) is 0 Å². The Morgan fingerprint density at radius 3 is 2.89 bits per heavy atom. The number of morpholine rings is 1. The topological polar surface area (TPSA) is 61.8 Å². The predicted octanol–water partition coefficient (Wildman–Crippen LogP) is 2.88. The first kappa shape index (κ1) is 22.5. The number of hydrogen-bond acceptors (Lipinski definition) is 5. The number of aromatic nitrogens is 1. The maximum absolute atomic E-state index is 5.46. The van der Waals surface area contributed by atoms with Gasteiger partial charge in [0.15, 0.2) is 5.96 Å². The molecule has 0 saturated carbocycles. The molecular weight excluding hydrogens is 473 g/mol. The molecule has 0 spiro atoms. The summed E-state index contributed by atoms with van der Waals surface area (Å²) in [5.74, 6) is 3.19. The molecule has 0 aromatic carbocycles. The number of anilines is 1. The number of thioether (sulfide) groups is 1. The average Bonchev–Trinajstić information content (AvgIpc) is 3.12. The zero-order chi connectivity index (χ0) is 18.2. The second-order valence-corrected chi connectivity index (χ2v) is 8.72. The highest BCUT2D eigenvalue weighted by molar-refractivity contribution is 14.0. The average molecular weight is 505 g/mol. The molecule has 2 aliphatic heterocycles. The number of rotatable bonds is 6. The fourth-order valence-electron chi connectivity index (χ4n) is 3.37. The lowest BCUT2D eigenvalue weighted by Gasteiger charge is -2.29. The first-order valence-corrected chi connectivity index (χ1v) is 10.6. The van der Waals surface area contributed by atoms with Crippen LogP contribution in [0.1, 0.15) is 32.3 Å². The van der Waals surface area contributed by atoms with Gasteiger partial charge in [-0.15, -0.1) is 24.0 Å². The molecule has 2 saturated heterocycles. The molecule has 6 nitrogen and oxygen atoms in total. The Labute approximate surface area is 184 Å². The number of halogens is 1. The number of nitrogens with one attached hydrogen (secondary N) is 2. The van der Waals surface area contributed by atoms with Crippen LogP contribution in [0.5, 0.6) is 0 Å². The number of pyridine rings is 1. The van der Waals surface area contributed by atoms with Gasteiger partial charge in [0.2, 0.25) is 0 Å². The van der Waals surface area contributed by atoms with E-state index in [0.717, 1.165) is 56.7 Å². The van der Waals surface area contributed by atoms with Crippen LogP contribution in [0.25, 0.3) is 0 Å². The molecule has 2 fully saturated rings. The van der Waals surface area contributed by atoms with Gasteiger partial charge in [-0.1, -0.05) is 6.07 Å². The quantitative estimate of drug-likeness (QED) is 0.352. The molecule has 1 unspecified atom stereocenters. The largest absolute Gasteiger partial charge is 0.378 e. The van der Waals surface area contributed by atoms with Gasteiger partial charge >= 0.3 is 0 Å². The van der Waals surface area contributed by atoms with Gasteiger partial charge in [-0.05, 0) is 38.5 Å². The van der Waals surface area contributed by atoms with Crippen molar-refractivity contribution < 1.29 is 4.74 Å². The lowest BCUT2D eigenvalue weighted by Crippen LogP contribution is -2.43. The Hall–Kier alpha value is -0.740. The SMILES string of the molecule is CCNC(=NCc1cccnc1N1CCOCC1)NCC1(C)CCCS1.I. The Morgan fingerprint density at radius 2 is 2.19 bits per heavy atom. The summed E-state index contributed by atoms with van der Waals surface area (Å²) in [7, 11) is 0. The van der Waals surface area contributed by atoms with Crippen LogP contribution in [0.2, 0.25) is 0 Å². The van der Waals surface area contributed by atoms with Crippen molar-refractivity contribution >= 4 is 47.5 Å². The summed E-state index contributed by atoms with van der Waals surface area (Å²) in [6.45, 7) is 10.2. The number of nitrogens with zero attached hydrogens (tertiary/aromatic N) is 3. The Morgan fingerprint density at radius 1 is 1.37 bits per heavy atom. The normalized spacial score (nSPS) is 23.0. The minimum absolute atomic E-state index is 0. The minimum atomic E-state index is 0. The maximum atomic E-state index is 5.46. The van der Waals surface area contributed by atoms with E-state index in [2.05, 4.69) is 52.2 Å². The number of ether oxygens (including phenoxy) is 1. The zero-order valence-corrected chi connectivity index (χ0v) is 19.5. The summed E-state index contributed by atoms with van der Waals surface area (Å²) < 4.78 is 5.79. The molecule has 1 aromatic rings. The van der Waals surface area contributed by atoms with E-state index in [1.54, 1.807) is 0 Å². The fraction of sp³-hybridized carbons (Fsp3) is 0.684. The second kappa shape index (κ2) is 11.3. The summed E-state index contributed by atoms with van der Waals surface area (Å²) in [6.07, 6.45) is 4.45. The lowest BCUT2D eigenvalue weighted by atomic mass is 10.1. The molecule has 0 aliphatic carbocycles. The molecular formula is C19H32IN5OS. The smallest absolute Gasteiger partial charge is 0.191 e. The molecule has 1 atom stereocenters. The van der Waals surface area contributed by atoms with E-state index in [4.69, 9.17) is 9.73 Å². The summed E-state index contributed by atoms with van der Waals surface area (Å²) in [5, 5.41) is 6.91. The van der Waals surface area contributed by atoms with Crippen molar-refractivity contribution in [2.24, 2.45) is 4.99 Å². The molecule has 152 valence electrons. The third kappa shape index (κ3) is 6.67. The van der Waals surface area contributed by atoms with Gasteiger partial charge in [-0.2, -0.15) is 11.8 Å². The maximum Gasteiger partial charge on any atom is 0.191 e. The van der Waals surface area contributed by atoms with Crippen LogP contribution in [0.3, 0.4) is 0 Å². The van der Waals surface area contributed by atoms with E-state index < -0.39 is 0 Å². The molecule has 3 heterocycles. The van der Waals surface area contributed by atoms with Crippen LogP contribution in [0.4, 0.5) is 5.82 Å². The van der Waals surface area contributed by atoms with Crippen molar-refractivity contribution in [1.29, 1.82) is 0 Å². The van der Waals surface area contributed by atoms with Crippen molar-refractivity contribution in [2.75, 3.05) is 50.0 Å². The highest BCUT2D eigenvalue weighted by Crippen LogP contribution is 2.36. The van der Waals surface area contributed by atoms with Gasteiger partial charge in [-0.3, -0.25) is 0 Å². The summed E-state index contributed by atoms with van der Waals surface area (Å²) in [6, 6.07) is 4.12. The standard InChI is InChI=1S/C19H31N5OS.HI/c1-3-20-18(23-15-19(2)7-5-13-26-19)22-14-16-6-4-8-21-17(16)24-9-11-25-12-10-24;/h4,6,8H,3,5,7,9-15H2,1-2H3,(H2,20,22,23);1H. The molecule has 0 bridgehead atoms. The fourth-order valence-corrected chi connectivity index (χ4v) is 4.61. The molecule has 27 heavy (non-hydrogen) atoms. The van der Waals surface area contributed by atoms with Gasteiger partial charge in [0.1, 0.15) is 5.82 Å². The van der Waals surface area contributed by atoms with Gasteiger partial charge in [0.05, 0.1) is 19.8 Å². The van der Waals surface area contributed by atoms with Gasteiger partial charge in [0, 0.05) is 42.7 Å². The summed E-state index contributed by atoms with van der Waals surface area (Å²) in [4.78, 5) is 11.7.